The highest BCUT2D eigenvalue weighted by molar-refractivity contribution is 7.98. The zero-order valence-electron chi connectivity index (χ0n) is 13.4. The summed E-state index contributed by atoms with van der Waals surface area (Å²) in [5.74, 6) is -0.807. The second kappa shape index (κ2) is 7.18. The highest BCUT2D eigenvalue weighted by Crippen LogP contribution is 2.11. The first-order chi connectivity index (χ1) is 11.2. The number of hydrogen-bond acceptors (Lipinski definition) is 6. The Morgan fingerprint density at radius 2 is 1.88 bits per heavy atom. The molecule has 0 aliphatic heterocycles. The van der Waals surface area contributed by atoms with Crippen molar-refractivity contribution in [3.8, 4) is 0 Å². The van der Waals surface area contributed by atoms with Gasteiger partial charge in [-0.25, -0.2) is 18.1 Å². The van der Waals surface area contributed by atoms with E-state index in [4.69, 9.17) is 0 Å². The molecule has 0 bridgehead atoms. The van der Waals surface area contributed by atoms with Crippen LogP contribution in [0.25, 0.3) is 0 Å². The first kappa shape index (κ1) is 18.2. The summed E-state index contributed by atoms with van der Waals surface area (Å²) in [6, 6.07) is 7.40. The van der Waals surface area contributed by atoms with Crippen LogP contribution in [0.3, 0.4) is 0 Å². The molecule has 7 nitrogen and oxygen atoms in total. The summed E-state index contributed by atoms with van der Waals surface area (Å²) in [5, 5.41) is 0.350. The first-order valence-electron chi connectivity index (χ1n) is 6.98. The van der Waals surface area contributed by atoms with Gasteiger partial charge in [-0.15, -0.1) is 0 Å². The van der Waals surface area contributed by atoms with Gasteiger partial charge in [-0.2, -0.15) is 0 Å². The molecule has 1 N–H and O–H groups in total. The number of rotatable bonds is 5. The van der Waals surface area contributed by atoms with E-state index >= 15 is 0 Å². The number of aryl methyl sites for hydroxylation is 2. The molecule has 1 aromatic carbocycles. The minimum atomic E-state index is -3.98. The zero-order valence-corrected chi connectivity index (χ0v) is 15.1. The first-order valence-corrected chi connectivity index (χ1v) is 9.68. The molecule has 0 atom stereocenters. The summed E-state index contributed by atoms with van der Waals surface area (Å²) in [6.07, 6.45) is 1.72. The van der Waals surface area contributed by atoms with E-state index in [1.807, 2.05) is 11.6 Å². The summed E-state index contributed by atoms with van der Waals surface area (Å²) < 4.78 is 27.5. The Labute approximate surface area is 144 Å². The van der Waals surface area contributed by atoms with Crippen molar-refractivity contribution in [1.29, 1.82) is 0 Å². The second-order valence-electron chi connectivity index (χ2n) is 5.15. The number of nitrogens with one attached hydrogen (secondary N) is 1. The van der Waals surface area contributed by atoms with Crippen LogP contribution < -0.4 is 10.3 Å². The van der Waals surface area contributed by atoms with Crippen LogP contribution in [0.15, 0.2) is 45.2 Å². The van der Waals surface area contributed by atoms with Gasteiger partial charge in [0.15, 0.2) is 5.16 Å². The third kappa shape index (κ3) is 4.24. The summed E-state index contributed by atoms with van der Waals surface area (Å²) in [7, 11) is -3.98. The van der Waals surface area contributed by atoms with Gasteiger partial charge in [-0.05, 0) is 32.2 Å². The van der Waals surface area contributed by atoms with Crippen molar-refractivity contribution in [2.24, 2.45) is 0 Å². The lowest BCUT2D eigenvalue weighted by atomic mass is 10.2. The number of sulfonamides is 1. The molecule has 0 radical (unpaired) electrons. The molecule has 0 aliphatic carbocycles. The highest BCUT2D eigenvalue weighted by Gasteiger charge is 2.19. The van der Waals surface area contributed by atoms with Gasteiger partial charge in [0.1, 0.15) is 6.54 Å². The van der Waals surface area contributed by atoms with E-state index in [0.29, 0.717) is 10.9 Å². The molecule has 0 spiro atoms. The lowest BCUT2D eigenvalue weighted by Crippen LogP contribution is -2.36. The maximum atomic E-state index is 12.2. The third-order valence-electron chi connectivity index (χ3n) is 3.17. The van der Waals surface area contributed by atoms with Gasteiger partial charge < -0.3 is 0 Å². The molecule has 9 heteroatoms. The van der Waals surface area contributed by atoms with Crippen LogP contribution in [0, 0.1) is 13.8 Å². The van der Waals surface area contributed by atoms with Crippen LogP contribution in [0.4, 0.5) is 0 Å². The Morgan fingerprint density at radius 3 is 2.46 bits per heavy atom. The molecule has 1 aromatic heterocycles. The molecular formula is C15H17N3O4S2. The maximum Gasteiger partial charge on any atom is 0.264 e. The van der Waals surface area contributed by atoms with Crippen molar-refractivity contribution in [2.75, 3.05) is 6.26 Å². The van der Waals surface area contributed by atoms with Crippen LogP contribution in [-0.4, -0.2) is 30.1 Å². The average Bonchev–Trinajstić information content (AvgIpc) is 2.49. The fraction of sp³-hybridized carbons (Fsp3) is 0.267. The van der Waals surface area contributed by atoms with Gasteiger partial charge in [0.2, 0.25) is 0 Å². The van der Waals surface area contributed by atoms with E-state index in [0.717, 1.165) is 10.1 Å². The smallest absolute Gasteiger partial charge is 0.264 e. The van der Waals surface area contributed by atoms with Crippen molar-refractivity contribution >= 4 is 27.7 Å². The molecule has 2 rings (SSSR count). The molecule has 0 saturated carbocycles. The van der Waals surface area contributed by atoms with Gasteiger partial charge in [-0.3, -0.25) is 14.2 Å². The number of nitrogens with zero attached hydrogens (tertiary/aromatic N) is 2. The molecule has 0 aliphatic rings. The number of aromatic nitrogens is 2. The fourth-order valence-corrected chi connectivity index (χ4v) is 3.58. The fourth-order valence-electron chi connectivity index (χ4n) is 2.00. The standard InChI is InChI=1S/C15H17N3O4S2/c1-10-4-6-12(7-5-10)24(21,22)17-13(19)9-18-14(20)8-11(2)16-15(18)23-3/h4-8H,9H2,1-3H3,(H,17,19). The number of amides is 1. The van der Waals surface area contributed by atoms with E-state index in [1.165, 1.54) is 30.0 Å². The lowest BCUT2D eigenvalue weighted by Gasteiger charge is -2.11. The Kier molecular flexibility index (Phi) is 5.45. The second-order valence-corrected chi connectivity index (χ2v) is 7.61. The van der Waals surface area contributed by atoms with Gasteiger partial charge in [0.25, 0.3) is 21.5 Å². The molecule has 128 valence electrons. The number of benzene rings is 1. The van der Waals surface area contributed by atoms with Gasteiger partial charge in [0, 0.05) is 11.8 Å². The predicted octanol–water partition coefficient (Wildman–Crippen LogP) is 1.09. The van der Waals surface area contributed by atoms with E-state index in [2.05, 4.69) is 4.98 Å². The predicted molar refractivity (Wildman–Crippen MR) is 91.5 cm³/mol. The molecule has 24 heavy (non-hydrogen) atoms. The normalized spacial score (nSPS) is 11.3. The number of carbonyl (C=O) groups is 1. The minimum absolute atomic E-state index is 0.0130. The SMILES string of the molecule is CSc1nc(C)cc(=O)n1CC(=O)NS(=O)(=O)c1ccc(C)cc1. The molecular weight excluding hydrogens is 350 g/mol. The number of hydrogen-bond donors (Lipinski definition) is 1. The van der Waals surface area contributed by atoms with Crippen molar-refractivity contribution < 1.29 is 13.2 Å². The van der Waals surface area contributed by atoms with Crippen LogP contribution in [0.5, 0.6) is 0 Å². The molecule has 0 saturated heterocycles. The minimum Gasteiger partial charge on any atom is -0.278 e. The van der Waals surface area contributed by atoms with Crippen LogP contribution in [0.1, 0.15) is 11.3 Å². The van der Waals surface area contributed by atoms with Crippen LogP contribution >= 0.6 is 11.8 Å². The molecule has 2 aromatic rings. The summed E-state index contributed by atoms with van der Waals surface area (Å²) >= 11 is 1.20. The molecule has 0 fully saturated rings. The topological polar surface area (TPSA) is 98.1 Å². The largest absolute Gasteiger partial charge is 0.278 e. The lowest BCUT2D eigenvalue weighted by molar-refractivity contribution is -0.120. The summed E-state index contributed by atoms with van der Waals surface area (Å²) in [5.41, 5.74) is 1.03. The molecule has 1 amide bonds. The summed E-state index contributed by atoms with van der Waals surface area (Å²) in [4.78, 5) is 28.2. The quantitative estimate of drug-likeness (QED) is 0.627. The van der Waals surface area contributed by atoms with Crippen molar-refractivity contribution in [3.63, 3.8) is 0 Å². The van der Waals surface area contributed by atoms with Crippen molar-refractivity contribution in [2.45, 2.75) is 30.4 Å². The Hall–Kier alpha value is -2.13. The summed E-state index contributed by atoms with van der Waals surface area (Å²) in [6.45, 7) is 3.08. The zero-order chi connectivity index (χ0) is 17.9. The van der Waals surface area contributed by atoms with E-state index < -0.39 is 28.0 Å². The van der Waals surface area contributed by atoms with Gasteiger partial charge in [0.05, 0.1) is 4.90 Å². The Morgan fingerprint density at radius 1 is 1.25 bits per heavy atom. The number of carbonyl (C=O) groups excluding carboxylic acids is 1. The van der Waals surface area contributed by atoms with Crippen LogP contribution in [-0.2, 0) is 21.4 Å². The van der Waals surface area contributed by atoms with Crippen LogP contribution in [0.2, 0.25) is 0 Å². The van der Waals surface area contributed by atoms with E-state index in [9.17, 15) is 18.0 Å². The maximum absolute atomic E-state index is 12.2. The Bertz CT molecular complexity index is 919. The Balaban J connectivity index is 2.22. The van der Waals surface area contributed by atoms with E-state index in [-0.39, 0.29) is 4.90 Å². The molecule has 1 heterocycles. The number of thioether (sulfide) groups is 1. The molecule has 0 unspecified atom stereocenters. The average molecular weight is 367 g/mol. The van der Waals surface area contributed by atoms with Gasteiger partial charge in [-0.1, -0.05) is 29.5 Å². The van der Waals surface area contributed by atoms with Crippen molar-refractivity contribution in [3.05, 3.63) is 51.9 Å². The third-order valence-corrected chi connectivity index (χ3v) is 5.23. The monoisotopic (exact) mass is 367 g/mol. The van der Waals surface area contributed by atoms with E-state index in [1.54, 1.807) is 25.3 Å². The van der Waals surface area contributed by atoms with Crippen molar-refractivity contribution in [1.82, 2.24) is 14.3 Å². The van der Waals surface area contributed by atoms with Gasteiger partial charge >= 0.3 is 0 Å². The highest BCUT2D eigenvalue weighted by atomic mass is 32.2.